The molecule has 0 saturated heterocycles. The van der Waals surface area contributed by atoms with E-state index in [2.05, 4.69) is 36.2 Å². The van der Waals surface area contributed by atoms with Crippen molar-refractivity contribution in [1.82, 2.24) is 30.2 Å². The van der Waals surface area contributed by atoms with Crippen molar-refractivity contribution in [3.05, 3.63) is 66.1 Å². The van der Waals surface area contributed by atoms with E-state index in [0.29, 0.717) is 55.1 Å². The average Bonchev–Trinajstić information content (AvgIpc) is 3.61. The third-order valence-corrected chi connectivity index (χ3v) is 13.0. The van der Waals surface area contributed by atoms with E-state index >= 15 is 4.39 Å². The number of carbonyl (C=O) groups excluding carboxylic acids is 3. The van der Waals surface area contributed by atoms with Crippen molar-refractivity contribution in [2.75, 3.05) is 37.0 Å². The van der Waals surface area contributed by atoms with Gasteiger partial charge in [-0.2, -0.15) is 0 Å². The maximum Gasteiger partial charge on any atom is 0.308 e. The van der Waals surface area contributed by atoms with Gasteiger partial charge < -0.3 is 46.1 Å². The lowest BCUT2D eigenvalue weighted by molar-refractivity contribution is -0.148. The van der Waals surface area contributed by atoms with E-state index in [0.717, 1.165) is 50.1 Å². The number of pyridine rings is 1. The van der Waals surface area contributed by atoms with E-state index in [1.807, 2.05) is 27.7 Å². The van der Waals surface area contributed by atoms with Gasteiger partial charge in [0.15, 0.2) is 17.5 Å². The lowest BCUT2D eigenvalue weighted by atomic mass is 9.61. The number of anilines is 2. The van der Waals surface area contributed by atoms with Crippen molar-refractivity contribution < 1.29 is 42.5 Å². The minimum absolute atomic E-state index is 0.0148. The summed E-state index contributed by atoms with van der Waals surface area (Å²) in [6.07, 6.45) is 8.38. The Balaban J connectivity index is 1.05. The molecule has 3 aliphatic rings. The van der Waals surface area contributed by atoms with Gasteiger partial charge in [-0.25, -0.2) is 23.7 Å². The van der Waals surface area contributed by atoms with Gasteiger partial charge in [-0.3, -0.25) is 19.2 Å². The van der Waals surface area contributed by atoms with Crippen LogP contribution in [0.5, 0.6) is 0 Å². The van der Waals surface area contributed by atoms with Gasteiger partial charge in [0.1, 0.15) is 23.5 Å². The molecule has 358 valence electrons. The number of nitrogens with one attached hydrogen (secondary N) is 4. The number of carboxylic acid groups (broad SMARTS) is 1. The number of carbonyl (C=O) groups is 4. The number of amides is 3. The molecule has 3 saturated carbocycles. The summed E-state index contributed by atoms with van der Waals surface area (Å²) >= 11 is 0. The zero-order chi connectivity index (χ0) is 47.9. The predicted octanol–water partition coefficient (Wildman–Crippen LogP) is 6.28. The van der Waals surface area contributed by atoms with Gasteiger partial charge in [0, 0.05) is 47.4 Å². The molecule has 0 radical (unpaired) electrons. The molecule has 0 spiro atoms. The Morgan fingerprint density at radius 2 is 1.61 bits per heavy atom. The number of halogens is 2. The van der Waals surface area contributed by atoms with Crippen molar-refractivity contribution in [2.45, 2.75) is 117 Å². The van der Waals surface area contributed by atoms with E-state index in [1.54, 1.807) is 55.8 Å². The minimum Gasteiger partial charge on any atom is -0.481 e. The van der Waals surface area contributed by atoms with Crippen LogP contribution in [0.2, 0.25) is 0 Å². The lowest BCUT2D eigenvalue weighted by Crippen LogP contribution is -2.55. The molecular formula is C48H65F2N9O7. The van der Waals surface area contributed by atoms with Crippen LogP contribution in [0, 0.1) is 40.7 Å². The molecule has 18 heteroatoms. The molecule has 16 nitrogen and oxygen atoms in total. The van der Waals surface area contributed by atoms with Crippen LogP contribution in [0.15, 0.2) is 48.9 Å². The molecular weight excluding hydrogens is 853 g/mol. The van der Waals surface area contributed by atoms with Gasteiger partial charge in [0.05, 0.1) is 37.1 Å². The highest BCUT2D eigenvalue weighted by Gasteiger charge is 2.47. The number of hydrogen-bond donors (Lipinski definition) is 6. The van der Waals surface area contributed by atoms with E-state index < -0.39 is 58.9 Å². The Bertz CT molecular complexity index is 2350. The van der Waals surface area contributed by atoms with Crippen LogP contribution in [0.4, 0.5) is 20.3 Å². The topological polar surface area (TPSA) is 225 Å². The summed E-state index contributed by atoms with van der Waals surface area (Å²) in [6, 6.07) is 6.03. The van der Waals surface area contributed by atoms with Crippen LogP contribution in [-0.4, -0.2) is 98.4 Å². The third kappa shape index (κ3) is 12.2. The largest absolute Gasteiger partial charge is 0.481 e. The zero-order valence-corrected chi connectivity index (χ0v) is 39.0. The zero-order valence-electron chi connectivity index (χ0n) is 39.0. The number of nitrogens with two attached hydrogens (primary N) is 1. The van der Waals surface area contributed by atoms with E-state index in [-0.39, 0.29) is 47.4 Å². The highest BCUT2D eigenvalue weighted by Crippen LogP contribution is 2.46. The number of rotatable bonds is 22. The Morgan fingerprint density at radius 3 is 2.27 bits per heavy atom. The molecule has 1 aromatic carbocycles. The number of fused-ring (bicyclic) bond motifs is 4. The molecule has 3 amide bonds. The Labute approximate surface area is 384 Å². The van der Waals surface area contributed by atoms with E-state index in [4.69, 9.17) is 15.2 Å². The van der Waals surface area contributed by atoms with Crippen LogP contribution >= 0.6 is 0 Å². The molecule has 0 aliphatic heterocycles. The SMILES string of the molecule is CC(C)[C@H](NC(=O)C(C)(C)CCOCCOC(C)(C)CCN)C(=O)N[C@@H](C)C(=O)Nc1ccc(Cn2cc(-c3ncc(F)c(N[C@H]4C5CCC(CC5)[C@@H]4C(=O)O)n3)c3cc(F)cnc32)cc1. The van der Waals surface area contributed by atoms with E-state index in [9.17, 15) is 28.7 Å². The van der Waals surface area contributed by atoms with Crippen molar-refractivity contribution in [1.29, 1.82) is 0 Å². The molecule has 4 aromatic rings. The minimum atomic E-state index is -0.939. The number of carboxylic acids is 1. The molecule has 66 heavy (non-hydrogen) atoms. The number of aliphatic carboxylic acids is 1. The van der Waals surface area contributed by atoms with Gasteiger partial charge in [-0.1, -0.05) is 39.8 Å². The Kier molecular flexibility index (Phi) is 16.1. The predicted molar refractivity (Wildman–Crippen MR) is 246 cm³/mol. The maximum absolute atomic E-state index is 15.2. The molecule has 3 fully saturated rings. The van der Waals surface area contributed by atoms with Gasteiger partial charge in [-0.05, 0) is 107 Å². The maximum atomic E-state index is 15.2. The summed E-state index contributed by atoms with van der Waals surface area (Å²) in [4.78, 5) is 65.4. The molecule has 7 N–H and O–H groups in total. The van der Waals surface area contributed by atoms with Crippen molar-refractivity contribution in [3.63, 3.8) is 0 Å². The Hall–Kier alpha value is -5.59. The van der Waals surface area contributed by atoms with Crippen LogP contribution < -0.4 is 27.0 Å². The second kappa shape index (κ2) is 21.4. The van der Waals surface area contributed by atoms with Crippen molar-refractivity contribution in [3.8, 4) is 11.4 Å². The van der Waals surface area contributed by atoms with Crippen molar-refractivity contribution >= 4 is 46.2 Å². The molecule has 2 bridgehead atoms. The van der Waals surface area contributed by atoms with Gasteiger partial charge in [0.25, 0.3) is 0 Å². The molecule has 3 aromatic heterocycles. The summed E-state index contributed by atoms with van der Waals surface area (Å²) < 4.78 is 43.2. The third-order valence-electron chi connectivity index (χ3n) is 13.0. The van der Waals surface area contributed by atoms with Crippen LogP contribution in [0.3, 0.4) is 0 Å². The average molecular weight is 918 g/mol. The van der Waals surface area contributed by atoms with Crippen LogP contribution in [0.1, 0.15) is 92.6 Å². The van der Waals surface area contributed by atoms with Gasteiger partial charge in [-0.15, -0.1) is 0 Å². The molecule has 4 atom stereocenters. The lowest BCUT2D eigenvalue weighted by Gasteiger charge is -2.47. The number of nitrogens with zero attached hydrogens (tertiary/aromatic N) is 4. The van der Waals surface area contributed by atoms with Crippen LogP contribution in [0.25, 0.3) is 22.4 Å². The fraction of sp³-hybridized carbons (Fsp3) is 0.562. The first kappa shape index (κ1) is 49.8. The monoisotopic (exact) mass is 917 g/mol. The summed E-state index contributed by atoms with van der Waals surface area (Å²) in [7, 11) is 0. The number of hydrogen-bond acceptors (Lipinski definition) is 11. The number of aromatic nitrogens is 4. The standard InChI is InChI=1S/C48H65F2N9O7/c1-27(2)38(57-46(64)47(4,5)17-19-65-20-21-66-48(6,7)16-18-51)44(61)54-28(3)43(60)55-33-14-8-29(9-15-33)25-59-26-35(34-22-32(49)23-53-42(34)59)40-52-24-36(50)41(58-40)56-39-31-12-10-30(11-13-31)37(39)45(62)63/h8-9,14-15,22-24,26-28,30-31,37-39H,10-13,16-21,25,51H2,1-7H3,(H,54,61)(H,55,60)(H,57,64)(H,62,63)(H,52,56,58)/t28-,30?,31?,37-,38-,39-/m0/s1. The summed E-state index contributed by atoms with van der Waals surface area (Å²) in [5.41, 5.74) is 6.59. The first-order valence-electron chi connectivity index (χ1n) is 22.9. The fourth-order valence-electron chi connectivity index (χ4n) is 8.93. The molecule has 0 unspecified atom stereocenters. The highest BCUT2D eigenvalue weighted by atomic mass is 19.1. The van der Waals surface area contributed by atoms with E-state index in [1.165, 1.54) is 6.07 Å². The van der Waals surface area contributed by atoms with Gasteiger partial charge in [0.2, 0.25) is 17.7 Å². The highest BCUT2D eigenvalue weighted by molar-refractivity contribution is 5.98. The summed E-state index contributed by atoms with van der Waals surface area (Å²) in [6.45, 7) is 14.6. The summed E-state index contributed by atoms with van der Waals surface area (Å²) in [5, 5.41) is 22.0. The molecule has 3 aliphatic carbocycles. The first-order valence-corrected chi connectivity index (χ1v) is 22.9. The second-order valence-electron chi connectivity index (χ2n) is 19.3. The normalized spacial score (nSPS) is 19.4. The first-order chi connectivity index (χ1) is 31.3. The van der Waals surface area contributed by atoms with Crippen LogP contribution in [-0.2, 0) is 35.2 Å². The Morgan fingerprint density at radius 1 is 0.909 bits per heavy atom. The summed E-state index contributed by atoms with van der Waals surface area (Å²) in [5.74, 6) is -4.30. The quantitative estimate of drug-likeness (QED) is 0.0479. The van der Waals surface area contributed by atoms with Gasteiger partial charge >= 0.3 is 5.97 Å². The van der Waals surface area contributed by atoms with Crippen molar-refractivity contribution in [2.24, 2.45) is 34.8 Å². The smallest absolute Gasteiger partial charge is 0.308 e. The number of ether oxygens (including phenoxy) is 2. The number of benzene rings is 1. The molecule has 7 rings (SSSR count). The fourth-order valence-corrected chi connectivity index (χ4v) is 8.93. The second-order valence-corrected chi connectivity index (χ2v) is 19.3. The molecule has 3 heterocycles.